The number of nitrogens with two attached hydrogens (primary N) is 1. The van der Waals surface area contributed by atoms with Crippen molar-refractivity contribution in [2.24, 2.45) is 0 Å². The second-order valence-corrected chi connectivity index (χ2v) is 5.97. The van der Waals surface area contributed by atoms with Gasteiger partial charge in [-0.15, -0.1) is 0 Å². The highest BCUT2D eigenvalue weighted by atomic mass is 15.1. The number of imidazole rings is 1. The number of nitrogen functional groups attached to an aromatic ring is 1. The second kappa shape index (κ2) is 4.92. The Morgan fingerprint density at radius 3 is 2.52 bits per heavy atom. The molecule has 1 heterocycles. The third kappa shape index (κ3) is 2.29. The maximum Gasteiger partial charge on any atom is 0.141 e. The predicted octanol–water partition coefficient (Wildman–Crippen LogP) is 4.48. The zero-order chi connectivity index (χ0) is 15.1. The highest BCUT2D eigenvalue weighted by Crippen LogP contribution is 2.31. The summed E-state index contributed by atoms with van der Waals surface area (Å²) >= 11 is 0. The molecule has 21 heavy (non-hydrogen) atoms. The Morgan fingerprint density at radius 2 is 1.81 bits per heavy atom. The van der Waals surface area contributed by atoms with E-state index in [0.717, 1.165) is 22.6 Å². The third-order valence-electron chi connectivity index (χ3n) is 3.86. The molecule has 0 fully saturated rings. The van der Waals surface area contributed by atoms with Gasteiger partial charge in [-0.3, -0.25) is 0 Å². The number of benzene rings is 2. The average Bonchev–Trinajstić information content (AvgIpc) is 2.79. The van der Waals surface area contributed by atoms with Gasteiger partial charge in [-0.2, -0.15) is 0 Å². The van der Waals surface area contributed by atoms with Gasteiger partial charge in [0.05, 0.1) is 11.0 Å². The molecule has 1 aromatic heterocycles. The van der Waals surface area contributed by atoms with Gasteiger partial charge in [0.15, 0.2) is 0 Å². The molecule has 2 aromatic carbocycles. The smallest absolute Gasteiger partial charge is 0.141 e. The fourth-order valence-electron chi connectivity index (χ4n) is 2.80. The Bertz CT molecular complexity index is 813. The predicted molar refractivity (Wildman–Crippen MR) is 89.4 cm³/mol. The molecule has 0 unspecified atom stereocenters. The average molecular weight is 279 g/mol. The lowest BCUT2D eigenvalue weighted by Gasteiger charge is -2.15. The van der Waals surface area contributed by atoms with E-state index in [2.05, 4.69) is 56.5 Å². The molecule has 3 heteroatoms. The maximum atomic E-state index is 5.97. The molecular weight excluding hydrogens is 258 g/mol. The topological polar surface area (TPSA) is 43.8 Å². The van der Waals surface area contributed by atoms with Crippen molar-refractivity contribution in [3.63, 3.8) is 0 Å². The van der Waals surface area contributed by atoms with Gasteiger partial charge in [0.25, 0.3) is 0 Å². The molecule has 3 nitrogen and oxygen atoms in total. The highest BCUT2D eigenvalue weighted by Gasteiger charge is 2.16. The fraction of sp³-hybridized carbons (Fsp3) is 0.278. The zero-order valence-corrected chi connectivity index (χ0v) is 13.0. The van der Waals surface area contributed by atoms with E-state index in [4.69, 9.17) is 10.7 Å². The van der Waals surface area contributed by atoms with Gasteiger partial charge >= 0.3 is 0 Å². The van der Waals surface area contributed by atoms with Gasteiger partial charge in [0.2, 0.25) is 0 Å². The van der Waals surface area contributed by atoms with E-state index in [1.54, 1.807) is 0 Å². The summed E-state index contributed by atoms with van der Waals surface area (Å²) < 4.78 is 2.29. The molecule has 3 rings (SSSR count). The van der Waals surface area contributed by atoms with Crippen molar-refractivity contribution in [2.75, 3.05) is 5.73 Å². The lowest BCUT2D eigenvalue weighted by atomic mass is 10.1. The second-order valence-electron chi connectivity index (χ2n) is 5.97. The molecule has 0 atom stereocenters. The quantitative estimate of drug-likeness (QED) is 0.703. The van der Waals surface area contributed by atoms with Crippen LogP contribution < -0.4 is 5.73 Å². The number of anilines is 1. The molecule has 0 aliphatic carbocycles. The molecule has 0 aliphatic heterocycles. The van der Waals surface area contributed by atoms with Crippen LogP contribution in [0.2, 0.25) is 0 Å². The molecule has 0 radical (unpaired) electrons. The molecule has 0 spiro atoms. The van der Waals surface area contributed by atoms with Crippen molar-refractivity contribution in [3.8, 4) is 11.4 Å². The largest absolute Gasteiger partial charge is 0.399 e. The van der Waals surface area contributed by atoms with Gasteiger partial charge in [-0.05, 0) is 63.1 Å². The molecule has 2 N–H and O–H groups in total. The number of hydrogen-bond donors (Lipinski definition) is 1. The minimum atomic E-state index is 0.341. The summed E-state index contributed by atoms with van der Waals surface area (Å²) in [5.74, 6) is 0.996. The fourth-order valence-corrected chi connectivity index (χ4v) is 2.80. The van der Waals surface area contributed by atoms with Gasteiger partial charge in [-0.1, -0.05) is 12.1 Å². The normalized spacial score (nSPS) is 11.5. The number of rotatable bonds is 2. The Labute approximate surface area is 125 Å². The van der Waals surface area contributed by atoms with E-state index in [9.17, 15) is 0 Å². The van der Waals surface area contributed by atoms with Crippen molar-refractivity contribution < 1.29 is 0 Å². The van der Waals surface area contributed by atoms with E-state index in [0.29, 0.717) is 6.04 Å². The Kier molecular flexibility index (Phi) is 3.20. The van der Waals surface area contributed by atoms with Crippen molar-refractivity contribution in [2.45, 2.75) is 33.7 Å². The molecule has 0 aliphatic rings. The summed E-state index contributed by atoms with van der Waals surface area (Å²) in [6.07, 6.45) is 0. The van der Waals surface area contributed by atoms with Gasteiger partial charge in [-0.25, -0.2) is 4.98 Å². The van der Waals surface area contributed by atoms with Crippen LogP contribution in [0.25, 0.3) is 22.4 Å². The van der Waals surface area contributed by atoms with Crippen LogP contribution in [0.5, 0.6) is 0 Å². The van der Waals surface area contributed by atoms with Gasteiger partial charge in [0, 0.05) is 17.3 Å². The first-order chi connectivity index (χ1) is 9.97. The number of aromatic nitrogens is 2. The van der Waals surface area contributed by atoms with E-state index in [1.807, 2.05) is 12.1 Å². The van der Waals surface area contributed by atoms with Crippen LogP contribution >= 0.6 is 0 Å². The number of fused-ring (bicyclic) bond motifs is 1. The van der Waals surface area contributed by atoms with Gasteiger partial charge in [0.1, 0.15) is 5.82 Å². The Hall–Kier alpha value is -2.29. The minimum absolute atomic E-state index is 0.341. The van der Waals surface area contributed by atoms with Crippen molar-refractivity contribution in [1.82, 2.24) is 9.55 Å². The van der Waals surface area contributed by atoms with Crippen LogP contribution in [0.3, 0.4) is 0 Å². The van der Waals surface area contributed by atoms with Crippen LogP contribution in [0.4, 0.5) is 5.69 Å². The van der Waals surface area contributed by atoms with Crippen molar-refractivity contribution >= 4 is 16.7 Å². The number of hydrogen-bond acceptors (Lipinski definition) is 2. The van der Waals surface area contributed by atoms with Gasteiger partial charge < -0.3 is 10.3 Å². The SMILES string of the molecule is Cc1ccc2c(c1)nc(-c1cc(N)ccc1C)n2C(C)C. The van der Waals surface area contributed by atoms with Crippen molar-refractivity contribution in [3.05, 3.63) is 47.5 Å². The summed E-state index contributed by atoms with van der Waals surface area (Å²) in [7, 11) is 0. The van der Waals surface area contributed by atoms with Crippen LogP contribution in [-0.2, 0) is 0 Å². The molecule has 3 aromatic rings. The molecular formula is C18H21N3. The summed E-state index contributed by atoms with van der Waals surface area (Å²) in [4.78, 5) is 4.87. The Balaban J connectivity index is 2.36. The van der Waals surface area contributed by atoms with Crippen LogP contribution in [0.1, 0.15) is 31.0 Å². The first-order valence-electron chi connectivity index (χ1n) is 7.32. The summed E-state index contributed by atoms with van der Waals surface area (Å²) in [6, 6.07) is 12.8. The van der Waals surface area contributed by atoms with Crippen molar-refractivity contribution in [1.29, 1.82) is 0 Å². The summed E-state index contributed by atoms with van der Waals surface area (Å²) in [6.45, 7) is 8.57. The van der Waals surface area contributed by atoms with E-state index < -0.39 is 0 Å². The highest BCUT2D eigenvalue weighted by molar-refractivity contribution is 5.82. The zero-order valence-electron chi connectivity index (χ0n) is 13.0. The lowest BCUT2D eigenvalue weighted by molar-refractivity contribution is 0.624. The molecule has 0 saturated heterocycles. The minimum Gasteiger partial charge on any atom is -0.399 e. The summed E-state index contributed by atoms with van der Waals surface area (Å²) in [5, 5.41) is 0. The van der Waals surface area contributed by atoms with E-state index in [-0.39, 0.29) is 0 Å². The monoisotopic (exact) mass is 279 g/mol. The molecule has 108 valence electrons. The third-order valence-corrected chi connectivity index (χ3v) is 3.86. The molecule has 0 saturated carbocycles. The van der Waals surface area contributed by atoms with Crippen LogP contribution in [0.15, 0.2) is 36.4 Å². The number of nitrogens with zero attached hydrogens (tertiary/aromatic N) is 2. The Morgan fingerprint density at radius 1 is 1.05 bits per heavy atom. The van der Waals surface area contributed by atoms with E-state index >= 15 is 0 Å². The van der Waals surface area contributed by atoms with E-state index in [1.165, 1.54) is 16.6 Å². The van der Waals surface area contributed by atoms with Crippen LogP contribution in [-0.4, -0.2) is 9.55 Å². The maximum absolute atomic E-state index is 5.97. The lowest BCUT2D eigenvalue weighted by Crippen LogP contribution is -2.04. The first-order valence-corrected chi connectivity index (χ1v) is 7.32. The molecule has 0 amide bonds. The summed E-state index contributed by atoms with van der Waals surface area (Å²) in [5.41, 5.74) is 12.5. The van der Waals surface area contributed by atoms with Crippen LogP contribution in [0, 0.1) is 13.8 Å². The standard InChI is InChI=1S/C18H21N3/c1-11(2)21-17-8-5-12(3)9-16(17)20-18(21)15-10-14(19)7-6-13(15)4/h5-11H,19H2,1-4H3. The first kappa shape index (κ1) is 13.7. The number of aryl methyl sites for hydroxylation is 2. The molecule has 0 bridgehead atoms.